The predicted octanol–water partition coefficient (Wildman–Crippen LogP) is 2.97. The standard InChI is InChI=1S/C14H9ClO4/c15-11-7-3-6-10(13(11)17)12(16)8-4-1-2-5-9(8)14(18)19/h1-7,17H,(H,18,19). The van der Waals surface area contributed by atoms with E-state index in [9.17, 15) is 14.7 Å². The quantitative estimate of drug-likeness (QED) is 0.845. The van der Waals surface area contributed by atoms with E-state index in [1.807, 2.05) is 0 Å². The van der Waals surface area contributed by atoms with Crippen molar-refractivity contribution in [3.63, 3.8) is 0 Å². The lowest BCUT2D eigenvalue weighted by Gasteiger charge is -2.07. The van der Waals surface area contributed by atoms with Crippen molar-refractivity contribution >= 4 is 23.4 Å². The van der Waals surface area contributed by atoms with Crippen LogP contribution in [0.2, 0.25) is 5.02 Å². The highest BCUT2D eigenvalue weighted by Gasteiger charge is 2.20. The van der Waals surface area contributed by atoms with E-state index in [4.69, 9.17) is 16.7 Å². The summed E-state index contributed by atoms with van der Waals surface area (Å²) in [6.45, 7) is 0. The average Bonchev–Trinajstić information content (AvgIpc) is 2.41. The Morgan fingerprint density at radius 2 is 1.47 bits per heavy atom. The number of phenolic OH excluding ortho intramolecular Hbond substituents is 1. The first-order valence-electron chi connectivity index (χ1n) is 5.37. The van der Waals surface area contributed by atoms with E-state index in [1.165, 1.54) is 36.4 Å². The summed E-state index contributed by atoms with van der Waals surface area (Å²) in [6.07, 6.45) is 0. The molecule has 2 rings (SSSR count). The number of para-hydroxylation sites is 1. The van der Waals surface area contributed by atoms with Crippen molar-refractivity contribution in [2.24, 2.45) is 0 Å². The number of hydrogen-bond acceptors (Lipinski definition) is 3. The molecule has 0 fully saturated rings. The van der Waals surface area contributed by atoms with Gasteiger partial charge in [0.25, 0.3) is 0 Å². The van der Waals surface area contributed by atoms with Gasteiger partial charge in [-0.2, -0.15) is 0 Å². The molecule has 0 spiro atoms. The second kappa shape index (κ2) is 5.12. The van der Waals surface area contributed by atoms with Gasteiger partial charge in [0.2, 0.25) is 0 Å². The number of carboxylic acids is 1. The second-order valence-corrected chi connectivity index (χ2v) is 4.22. The number of ketones is 1. The third-order valence-electron chi connectivity index (χ3n) is 2.63. The van der Waals surface area contributed by atoms with Crippen LogP contribution in [0, 0.1) is 0 Å². The number of aromatic carboxylic acids is 1. The van der Waals surface area contributed by atoms with Crippen molar-refractivity contribution in [1.29, 1.82) is 0 Å². The van der Waals surface area contributed by atoms with Gasteiger partial charge >= 0.3 is 5.97 Å². The van der Waals surface area contributed by atoms with Crippen LogP contribution in [0.3, 0.4) is 0 Å². The van der Waals surface area contributed by atoms with Crippen molar-refractivity contribution in [3.8, 4) is 5.75 Å². The Bertz CT molecular complexity index is 664. The van der Waals surface area contributed by atoms with Crippen molar-refractivity contribution in [2.75, 3.05) is 0 Å². The van der Waals surface area contributed by atoms with Crippen LogP contribution in [0.25, 0.3) is 0 Å². The van der Waals surface area contributed by atoms with E-state index < -0.39 is 11.8 Å². The third-order valence-corrected chi connectivity index (χ3v) is 2.94. The molecule has 2 N–H and O–H groups in total. The van der Waals surface area contributed by atoms with E-state index >= 15 is 0 Å². The highest BCUT2D eigenvalue weighted by molar-refractivity contribution is 6.33. The van der Waals surface area contributed by atoms with E-state index in [0.29, 0.717) is 0 Å². The van der Waals surface area contributed by atoms with Crippen LogP contribution in [-0.4, -0.2) is 22.0 Å². The molecule has 19 heavy (non-hydrogen) atoms. The van der Waals surface area contributed by atoms with E-state index in [0.717, 1.165) is 0 Å². The van der Waals surface area contributed by atoms with E-state index in [-0.39, 0.29) is 27.5 Å². The van der Waals surface area contributed by atoms with Gasteiger partial charge in [-0.1, -0.05) is 35.9 Å². The van der Waals surface area contributed by atoms with Gasteiger partial charge in [-0.15, -0.1) is 0 Å². The molecule has 0 aliphatic rings. The molecule has 0 saturated heterocycles. The minimum absolute atomic E-state index is 0.00701. The fourth-order valence-corrected chi connectivity index (χ4v) is 1.89. The van der Waals surface area contributed by atoms with Crippen molar-refractivity contribution in [1.82, 2.24) is 0 Å². The van der Waals surface area contributed by atoms with E-state index in [2.05, 4.69) is 0 Å². The molecule has 0 unspecified atom stereocenters. The monoisotopic (exact) mass is 276 g/mol. The molecular weight excluding hydrogens is 268 g/mol. The molecule has 0 aromatic heterocycles. The second-order valence-electron chi connectivity index (χ2n) is 3.82. The van der Waals surface area contributed by atoms with Crippen molar-refractivity contribution < 1.29 is 19.8 Å². The van der Waals surface area contributed by atoms with Gasteiger partial charge in [-0.3, -0.25) is 4.79 Å². The normalized spacial score (nSPS) is 10.2. The van der Waals surface area contributed by atoms with Crippen LogP contribution in [-0.2, 0) is 0 Å². The molecule has 0 bridgehead atoms. The maximum atomic E-state index is 12.3. The smallest absolute Gasteiger partial charge is 0.336 e. The molecule has 0 saturated carbocycles. The number of hydrogen-bond donors (Lipinski definition) is 2. The lowest BCUT2D eigenvalue weighted by atomic mass is 9.98. The van der Waals surface area contributed by atoms with Gasteiger partial charge in [-0.25, -0.2) is 4.79 Å². The Morgan fingerprint density at radius 3 is 2.11 bits per heavy atom. The van der Waals surface area contributed by atoms with Crippen molar-refractivity contribution in [3.05, 3.63) is 64.2 Å². The molecule has 4 nitrogen and oxygen atoms in total. The minimum atomic E-state index is -1.20. The zero-order valence-corrected chi connectivity index (χ0v) is 10.4. The van der Waals surface area contributed by atoms with Gasteiger partial charge in [0, 0.05) is 5.56 Å². The number of aromatic hydroxyl groups is 1. The molecular formula is C14H9ClO4. The average molecular weight is 277 g/mol. The summed E-state index contributed by atoms with van der Waals surface area (Å²) in [7, 11) is 0. The number of benzene rings is 2. The molecule has 0 atom stereocenters. The highest BCUT2D eigenvalue weighted by Crippen LogP contribution is 2.29. The summed E-state index contributed by atoms with van der Waals surface area (Å²) in [6, 6.07) is 10.2. The lowest BCUT2D eigenvalue weighted by Crippen LogP contribution is -2.09. The van der Waals surface area contributed by atoms with Gasteiger partial charge in [-0.05, 0) is 18.2 Å². The molecule has 0 heterocycles. The predicted molar refractivity (Wildman–Crippen MR) is 70.0 cm³/mol. The van der Waals surface area contributed by atoms with Gasteiger partial charge in [0.15, 0.2) is 5.78 Å². The Balaban J connectivity index is 2.57. The zero-order chi connectivity index (χ0) is 14.0. The first-order valence-corrected chi connectivity index (χ1v) is 5.74. The maximum Gasteiger partial charge on any atom is 0.336 e. The summed E-state index contributed by atoms with van der Waals surface area (Å²) in [5, 5.41) is 18.8. The fraction of sp³-hybridized carbons (Fsp3) is 0. The molecule has 5 heteroatoms. The first-order chi connectivity index (χ1) is 9.02. The summed E-state index contributed by atoms with van der Waals surface area (Å²) in [5.74, 6) is -2.14. The largest absolute Gasteiger partial charge is 0.506 e. The van der Waals surface area contributed by atoms with Crippen LogP contribution in [0.15, 0.2) is 42.5 Å². The summed E-state index contributed by atoms with van der Waals surface area (Å²) in [5.41, 5.74) is -0.138. The minimum Gasteiger partial charge on any atom is -0.506 e. The van der Waals surface area contributed by atoms with E-state index in [1.54, 1.807) is 6.07 Å². The van der Waals surface area contributed by atoms with Gasteiger partial charge in [0.05, 0.1) is 16.1 Å². The number of carbonyl (C=O) groups excluding carboxylic acids is 1. The van der Waals surface area contributed by atoms with Crippen LogP contribution in [0.4, 0.5) is 0 Å². The molecule has 0 amide bonds. The molecule has 96 valence electrons. The van der Waals surface area contributed by atoms with Gasteiger partial charge < -0.3 is 10.2 Å². The zero-order valence-electron chi connectivity index (χ0n) is 9.63. The molecule has 0 radical (unpaired) electrons. The maximum absolute atomic E-state index is 12.3. The summed E-state index contributed by atoms with van der Waals surface area (Å²) < 4.78 is 0. The molecule has 2 aromatic carbocycles. The summed E-state index contributed by atoms with van der Waals surface area (Å²) >= 11 is 5.73. The van der Waals surface area contributed by atoms with Gasteiger partial charge in [0.1, 0.15) is 5.75 Å². The Labute approximate surface area is 113 Å². The van der Waals surface area contributed by atoms with Crippen LogP contribution in [0.1, 0.15) is 26.3 Å². The lowest BCUT2D eigenvalue weighted by molar-refractivity contribution is 0.0692. The van der Waals surface area contributed by atoms with Crippen LogP contribution < -0.4 is 0 Å². The van der Waals surface area contributed by atoms with Crippen molar-refractivity contribution in [2.45, 2.75) is 0 Å². The number of halogens is 1. The van der Waals surface area contributed by atoms with Crippen LogP contribution in [0.5, 0.6) is 5.75 Å². The third kappa shape index (κ3) is 2.44. The number of rotatable bonds is 3. The topological polar surface area (TPSA) is 74.6 Å². The number of carbonyl (C=O) groups is 2. The number of carboxylic acid groups (broad SMARTS) is 1. The number of phenols is 1. The SMILES string of the molecule is O=C(O)c1ccccc1C(=O)c1cccc(Cl)c1O. The highest BCUT2D eigenvalue weighted by atomic mass is 35.5. The first kappa shape index (κ1) is 13.1. The Kier molecular flexibility index (Phi) is 3.53. The molecule has 0 aliphatic carbocycles. The fourth-order valence-electron chi connectivity index (χ4n) is 1.71. The van der Waals surface area contributed by atoms with Crippen LogP contribution >= 0.6 is 11.6 Å². The Morgan fingerprint density at radius 1 is 0.895 bits per heavy atom. The summed E-state index contributed by atoms with van der Waals surface area (Å²) in [4.78, 5) is 23.3. The molecule has 0 aliphatic heterocycles. The molecule has 2 aromatic rings. The Hall–Kier alpha value is -2.33.